The molecule has 0 saturated carbocycles. The summed E-state index contributed by atoms with van der Waals surface area (Å²) in [6.07, 6.45) is 1.76. The number of aromatic nitrogens is 1. The van der Waals surface area contributed by atoms with Crippen molar-refractivity contribution in [3.8, 4) is 23.7 Å². The predicted molar refractivity (Wildman–Crippen MR) is 107 cm³/mol. The SMILES string of the molecule is Fc1ccc(C#Cc2ccc(C#Cc3ccccc3)c3ncccc23)cc1. The van der Waals surface area contributed by atoms with Crippen molar-refractivity contribution in [2.24, 2.45) is 0 Å². The van der Waals surface area contributed by atoms with Gasteiger partial charge < -0.3 is 0 Å². The fourth-order valence-electron chi connectivity index (χ4n) is 2.72. The van der Waals surface area contributed by atoms with E-state index in [4.69, 9.17) is 0 Å². The quantitative estimate of drug-likeness (QED) is 0.400. The molecule has 1 nitrogen and oxygen atoms in total. The van der Waals surface area contributed by atoms with E-state index in [1.165, 1.54) is 12.1 Å². The number of hydrogen-bond acceptors (Lipinski definition) is 1. The van der Waals surface area contributed by atoms with Gasteiger partial charge in [0.05, 0.1) is 11.1 Å². The molecule has 2 heteroatoms. The monoisotopic (exact) mass is 347 g/mol. The molecule has 0 aliphatic carbocycles. The van der Waals surface area contributed by atoms with Crippen molar-refractivity contribution in [1.82, 2.24) is 4.98 Å². The van der Waals surface area contributed by atoms with Crippen LogP contribution >= 0.6 is 0 Å². The zero-order valence-electron chi connectivity index (χ0n) is 14.4. The van der Waals surface area contributed by atoms with E-state index in [0.29, 0.717) is 0 Å². The molecule has 0 N–H and O–H groups in total. The van der Waals surface area contributed by atoms with Gasteiger partial charge in [0.1, 0.15) is 5.82 Å². The molecule has 0 aliphatic heterocycles. The first-order chi connectivity index (χ1) is 13.3. The average molecular weight is 347 g/mol. The van der Waals surface area contributed by atoms with E-state index >= 15 is 0 Å². The first kappa shape index (κ1) is 16.6. The van der Waals surface area contributed by atoms with Crippen molar-refractivity contribution in [3.63, 3.8) is 0 Å². The molecule has 3 aromatic carbocycles. The highest BCUT2D eigenvalue weighted by Gasteiger charge is 2.04. The molecule has 0 unspecified atom stereocenters. The summed E-state index contributed by atoms with van der Waals surface area (Å²) in [5.74, 6) is 12.4. The number of rotatable bonds is 0. The summed E-state index contributed by atoms with van der Waals surface area (Å²) in [7, 11) is 0. The highest BCUT2D eigenvalue weighted by Crippen LogP contribution is 2.20. The Bertz CT molecular complexity index is 1220. The molecule has 126 valence electrons. The van der Waals surface area contributed by atoms with Crippen molar-refractivity contribution in [1.29, 1.82) is 0 Å². The van der Waals surface area contributed by atoms with E-state index in [9.17, 15) is 4.39 Å². The van der Waals surface area contributed by atoms with Gasteiger partial charge in [-0.05, 0) is 60.7 Å². The van der Waals surface area contributed by atoms with Crippen LogP contribution < -0.4 is 0 Å². The molecule has 0 aliphatic rings. The minimum atomic E-state index is -0.267. The normalized spacial score (nSPS) is 9.81. The average Bonchev–Trinajstić information content (AvgIpc) is 2.73. The third-order valence-electron chi connectivity index (χ3n) is 4.07. The van der Waals surface area contributed by atoms with E-state index in [-0.39, 0.29) is 5.82 Å². The van der Waals surface area contributed by atoms with Gasteiger partial charge in [0.15, 0.2) is 0 Å². The molecular formula is C25H14FN. The van der Waals surface area contributed by atoms with Crippen LogP contribution in [0.1, 0.15) is 22.3 Å². The maximum atomic E-state index is 13.0. The Kier molecular flexibility index (Phi) is 4.64. The van der Waals surface area contributed by atoms with Gasteiger partial charge in [-0.25, -0.2) is 4.39 Å². The Labute approximate surface area is 157 Å². The predicted octanol–water partition coefficient (Wildman–Crippen LogP) is 5.17. The summed E-state index contributed by atoms with van der Waals surface area (Å²) in [6, 6.07) is 23.8. The third kappa shape index (κ3) is 3.87. The van der Waals surface area contributed by atoms with Crippen LogP contribution in [0.4, 0.5) is 4.39 Å². The lowest BCUT2D eigenvalue weighted by atomic mass is 10.0. The first-order valence-electron chi connectivity index (χ1n) is 8.52. The van der Waals surface area contributed by atoms with Crippen LogP contribution in [0.15, 0.2) is 85.1 Å². The van der Waals surface area contributed by atoms with Crippen LogP contribution in [-0.2, 0) is 0 Å². The van der Waals surface area contributed by atoms with E-state index < -0.39 is 0 Å². The van der Waals surface area contributed by atoms with Crippen molar-refractivity contribution in [3.05, 3.63) is 113 Å². The molecule has 0 spiro atoms. The van der Waals surface area contributed by atoms with Gasteiger partial charge in [0.2, 0.25) is 0 Å². The molecular weight excluding hydrogens is 333 g/mol. The van der Waals surface area contributed by atoms with E-state index in [1.807, 2.05) is 54.6 Å². The maximum absolute atomic E-state index is 13.0. The zero-order valence-corrected chi connectivity index (χ0v) is 14.4. The van der Waals surface area contributed by atoms with Crippen LogP contribution in [0.3, 0.4) is 0 Å². The number of nitrogens with zero attached hydrogens (tertiary/aromatic N) is 1. The van der Waals surface area contributed by atoms with E-state index in [0.717, 1.165) is 33.2 Å². The lowest BCUT2D eigenvalue weighted by molar-refractivity contribution is 0.627. The highest BCUT2D eigenvalue weighted by atomic mass is 19.1. The fourth-order valence-corrected chi connectivity index (χ4v) is 2.72. The summed E-state index contributed by atoms with van der Waals surface area (Å²) >= 11 is 0. The van der Waals surface area contributed by atoms with Crippen LogP contribution in [0.2, 0.25) is 0 Å². The Balaban J connectivity index is 1.75. The van der Waals surface area contributed by atoms with Crippen molar-refractivity contribution in [2.45, 2.75) is 0 Å². The van der Waals surface area contributed by atoms with E-state index in [1.54, 1.807) is 18.3 Å². The molecule has 0 radical (unpaired) electrons. The van der Waals surface area contributed by atoms with Crippen molar-refractivity contribution >= 4 is 10.9 Å². The molecule has 4 aromatic rings. The second-order valence-electron chi connectivity index (χ2n) is 5.93. The third-order valence-corrected chi connectivity index (χ3v) is 4.07. The van der Waals surface area contributed by atoms with Crippen LogP contribution in [0.25, 0.3) is 10.9 Å². The summed E-state index contributed by atoms with van der Waals surface area (Å²) in [5.41, 5.74) is 4.28. The van der Waals surface area contributed by atoms with Crippen molar-refractivity contribution < 1.29 is 4.39 Å². The van der Waals surface area contributed by atoms with Gasteiger partial charge in [0.25, 0.3) is 0 Å². The van der Waals surface area contributed by atoms with E-state index in [2.05, 4.69) is 28.7 Å². The minimum absolute atomic E-state index is 0.267. The Hall–Kier alpha value is -3.88. The second kappa shape index (κ2) is 7.56. The van der Waals surface area contributed by atoms with Gasteiger partial charge in [0, 0.05) is 28.3 Å². The fraction of sp³-hybridized carbons (Fsp3) is 0. The van der Waals surface area contributed by atoms with Crippen molar-refractivity contribution in [2.75, 3.05) is 0 Å². The summed E-state index contributed by atoms with van der Waals surface area (Å²) in [5, 5.41) is 0.951. The zero-order chi connectivity index (χ0) is 18.5. The Morgan fingerprint density at radius 2 is 1.26 bits per heavy atom. The van der Waals surface area contributed by atoms with Gasteiger partial charge in [-0.1, -0.05) is 41.9 Å². The second-order valence-corrected chi connectivity index (χ2v) is 5.93. The number of pyridine rings is 1. The number of halogens is 1. The smallest absolute Gasteiger partial charge is 0.123 e. The molecule has 0 fully saturated rings. The molecule has 0 saturated heterocycles. The lowest BCUT2D eigenvalue weighted by Gasteiger charge is -2.02. The summed E-state index contributed by atoms with van der Waals surface area (Å²) in [6.45, 7) is 0. The molecule has 1 aromatic heterocycles. The highest BCUT2D eigenvalue weighted by molar-refractivity contribution is 5.89. The molecule has 0 atom stereocenters. The number of hydrogen-bond donors (Lipinski definition) is 0. The van der Waals surface area contributed by atoms with Crippen LogP contribution in [-0.4, -0.2) is 4.98 Å². The molecule has 0 amide bonds. The maximum Gasteiger partial charge on any atom is 0.123 e. The Morgan fingerprint density at radius 3 is 2.04 bits per heavy atom. The topological polar surface area (TPSA) is 12.9 Å². The van der Waals surface area contributed by atoms with Gasteiger partial charge in [-0.15, -0.1) is 0 Å². The standard InChI is InChI=1S/C25H14FN/c26-23-16-10-20(11-17-23)8-12-21-14-15-22(25-24(21)7-4-18-27-25)13-9-19-5-2-1-3-6-19/h1-7,10-11,14-18H. The number of benzene rings is 3. The Morgan fingerprint density at radius 1 is 0.593 bits per heavy atom. The van der Waals surface area contributed by atoms with Gasteiger partial charge in [-0.2, -0.15) is 0 Å². The lowest BCUT2D eigenvalue weighted by Crippen LogP contribution is -1.88. The molecule has 1 heterocycles. The van der Waals surface area contributed by atoms with Crippen LogP contribution in [0, 0.1) is 29.5 Å². The summed E-state index contributed by atoms with van der Waals surface area (Å²) < 4.78 is 13.0. The largest absolute Gasteiger partial charge is 0.255 e. The number of fused-ring (bicyclic) bond motifs is 1. The minimum Gasteiger partial charge on any atom is -0.255 e. The molecule has 4 rings (SSSR count). The molecule has 27 heavy (non-hydrogen) atoms. The molecule has 0 bridgehead atoms. The van der Waals surface area contributed by atoms with Gasteiger partial charge in [-0.3, -0.25) is 4.98 Å². The van der Waals surface area contributed by atoms with Crippen LogP contribution in [0.5, 0.6) is 0 Å². The summed E-state index contributed by atoms with van der Waals surface area (Å²) in [4.78, 5) is 4.50. The van der Waals surface area contributed by atoms with Gasteiger partial charge >= 0.3 is 0 Å². The first-order valence-corrected chi connectivity index (χ1v) is 8.52.